The lowest BCUT2D eigenvalue weighted by Gasteiger charge is -2.12. The number of nitrogens with one attached hydrogen (secondary N) is 2. The zero-order valence-electron chi connectivity index (χ0n) is 13.3. The largest absolute Gasteiger partial charge is 0.465 e. The Kier molecular flexibility index (Phi) is 4.94. The molecule has 8 heteroatoms. The summed E-state index contributed by atoms with van der Waals surface area (Å²) in [7, 11) is 1.28. The number of halogens is 1. The van der Waals surface area contributed by atoms with Gasteiger partial charge in [-0.2, -0.15) is 0 Å². The monoisotopic (exact) mass is 349 g/mol. The van der Waals surface area contributed by atoms with Crippen LogP contribution >= 0.6 is 11.6 Å². The molecule has 1 aromatic heterocycles. The standard InChI is InChI=1S/C16H16ClN3O4/c1-7-4-9(5-10(8(7)2)16(23)24-3)19-14(21)12-6-11(18)13(17)15(22)20-12/h4-6H,1-3H3,(H,19,21)(H3,18,20,22). The van der Waals surface area contributed by atoms with Gasteiger partial charge in [0.2, 0.25) is 0 Å². The fourth-order valence-electron chi connectivity index (χ4n) is 2.14. The van der Waals surface area contributed by atoms with Crippen LogP contribution in [0.3, 0.4) is 0 Å². The molecule has 0 atom stereocenters. The Bertz CT molecular complexity index is 890. The maximum Gasteiger partial charge on any atom is 0.338 e. The highest BCUT2D eigenvalue weighted by molar-refractivity contribution is 6.33. The van der Waals surface area contributed by atoms with Gasteiger partial charge in [0.15, 0.2) is 0 Å². The summed E-state index contributed by atoms with van der Waals surface area (Å²) in [5.74, 6) is -1.09. The van der Waals surface area contributed by atoms with E-state index in [1.54, 1.807) is 19.9 Å². The van der Waals surface area contributed by atoms with Crippen molar-refractivity contribution in [3.63, 3.8) is 0 Å². The number of hydrogen-bond acceptors (Lipinski definition) is 5. The number of carbonyl (C=O) groups is 2. The lowest BCUT2D eigenvalue weighted by atomic mass is 10.0. The van der Waals surface area contributed by atoms with Crippen molar-refractivity contribution in [2.45, 2.75) is 13.8 Å². The average Bonchev–Trinajstić information content (AvgIpc) is 2.54. The molecule has 0 aliphatic rings. The third kappa shape index (κ3) is 3.41. The summed E-state index contributed by atoms with van der Waals surface area (Å²) < 4.78 is 4.73. The molecule has 1 aromatic carbocycles. The number of aryl methyl sites for hydroxylation is 1. The van der Waals surface area contributed by atoms with Crippen molar-refractivity contribution in [1.29, 1.82) is 0 Å². The Morgan fingerprint density at radius 1 is 1.25 bits per heavy atom. The van der Waals surface area contributed by atoms with E-state index in [4.69, 9.17) is 22.1 Å². The summed E-state index contributed by atoms with van der Waals surface area (Å²) in [6.07, 6.45) is 0. The number of benzene rings is 1. The van der Waals surface area contributed by atoms with Gasteiger partial charge in [0.1, 0.15) is 10.7 Å². The molecule has 0 aliphatic heterocycles. The van der Waals surface area contributed by atoms with Crippen molar-refractivity contribution in [2.24, 2.45) is 0 Å². The highest BCUT2D eigenvalue weighted by Gasteiger charge is 2.16. The first-order chi connectivity index (χ1) is 11.2. The summed E-state index contributed by atoms with van der Waals surface area (Å²) in [4.78, 5) is 38.0. The molecule has 0 saturated carbocycles. The Hall–Kier alpha value is -2.80. The predicted octanol–water partition coefficient (Wildman–Crippen LogP) is 2.27. The number of amides is 1. The number of rotatable bonds is 3. The van der Waals surface area contributed by atoms with Gasteiger partial charge >= 0.3 is 5.97 Å². The Balaban J connectivity index is 2.38. The molecule has 0 aliphatic carbocycles. The molecule has 1 heterocycles. The first-order valence-corrected chi connectivity index (χ1v) is 7.31. The summed E-state index contributed by atoms with van der Waals surface area (Å²) in [6.45, 7) is 3.59. The lowest BCUT2D eigenvalue weighted by molar-refractivity contribution is 0.0599. The van der Waals surface area contributed by atoms with E-state index in [9.17, 15) is 14.4 Å². The number of hydrogen-bond donors (Lipinski definition) is 3. The Labute approximate surface area is 142 Å². The summed E-state index contributed by atoms with van der Waals surface area (Å²) in [6, 6.07) is 4.47. The van der Waals surface area contributed by atoms with Gasteiger partial charge in [0.25, 0.3) is 11.5 Å². The van der Waals surface area contributed by atoms with Gasteiger partial charge in [-0.05, 0) is 43.2 Å². The second-order valence-corrected chi connectivity index (χ2v) is 5.57. The van der Waals surface area contributed by atoms with E-state index < -0.39 is 17.4 Å². The molecule has 2 aromatic rings. The van der Waals surface area contributed by atoms with Crippen molar-refractivity contribution < 1.29 is 14.3 Å². The topological polar surface area (TPSA) is 114 Å². The number of H-pyrrole nitrogens is 1. The molecule has 0 radical (unpaired) electrons. The Morgan fingerprint density at radius 2 is 1.92 bits per heavy atom. The van der Waals surface area contributed by atoms with E-state index in [1.165, 1.54) is 19.2 Å². The second kappa shape index (κ2) is 6.76. The molecule has 0 fully saturated rings. The number of anilines is 2. The SMILES string of the molecule is COC(=O)c1cc(NC(=O)c2cc(N)c(Cl)c(=O)[nH]2)cc(C)c1C. The van der Waals surface area contributed by atoms with Crippen LogP contribution in [-0.4, -0.2) is 24.0 Å². The smallest absolute Gasteiger partial charge is 0.338 e. The second-order valence-electron chi connectivity index (χ2n) is 5.19. The Morgan fingerprint density at radius 3 is 2.50 bits per heavy atom. The van der Waals surface area contributed by atoms with Crippen molar-refractivity contribution in [3.8, 4) is 0 Å². The van der Waals surface area contributed by atoms with Gasteiger partial charge in [-0.3, -0.25) is 9.59 Å². The first-order valence-electron chi connectivity index (χ1n) is 6.93. The van der Waals surface area contributed by atoms with Crippen LogP contribution in [0.5, 0.6) is 0 Å². The van der Waals surface area contributed by atoms with Crippen LogP contribution in [0.4, 0.5) is 11.4 Å². The number of methoxy groups -OCH3 is 1. The van der Waals surface area contributed by atoms with Gasteiger partial charge in [-0.1, -0.05) is 11.6 Å². The molecule has 0 bridgehead atoms. The van der Waals surface area contributed by atoms with E-state index >= 15 is 0 Å². The van der Waals surface area contributed by atoms with E-state index in [-0.39, 0.29) is 16.4 Å². The number of pyridine rings is 1. The quantitative estimate of drug-likeness (QED) is 0.735. The molecule has 1 amide bonds. The molecule has 0 spiro atoms. The predicted molar refractivity (Wildman–Crippen MR) is 91.7 cm³/mol. The third-order valence-corrected chi connectivity index (χ3v) is 3.97. The molecule has 2 rings (SSSR count). The van der Waals surface area contributed by atoms with Crippen LogP contribution in [0.1, 0.15) is 32.0 Å². The molecule has 24 heavy (non-hydrogen) atoms. The summed E-state index contributed by atoms with van der Waals surface area (Å²) in [5.41, 5.74) is 7.18. The van der Waals surface area contributed by atoms with E-state index in [2.05, 4.69) is 10.3 Å². The zero-order chi connectivity index (χ0) is 18.0. The number of carbonyl (C=O) groups excluding carboxylic acids is 2. The first kappa shape index (κ1) is 17.6. The molecule has 7 nitrogen and oxygen atoms in total. The molecule has 4 N–H and O–H groups in total. The lowest BCUT2D eigenvalue weighted by Crippen LogP contribution is -2.20. The number of aromatic amines is 1. The van der Waals surface area contributed by atoms with Crippen LogP contribution < -0.4 is 16.6 Å². The number of nitrogens with two attached hydrogens (primary N) is 1. The normalized spacial score (nSPS) is 10.3. The highest BCUT2D eigenvalue weighted by atomic mass is 35.5. The molecule has 0 unspecified atom stereocenters. The van der Waals surface area contributed by atoms with Gasteiger partial charge in [0.05, 0.1) is 18.4 Å². The van der Waals surface area contributed by atoms with Crippen molar-refractivity contribution >= 4 is 34.9 Å². The minimum Gasteiger partial charge on any atom is -0.465 e. The van der Waals surface area contributed by atoms with Gasteiger partial charge in [0, 0.05) is 5.69 Å². The minimum atomic E-state index is -0.655. The number of aromatic nitrogens is 1. The fraction of sp³-hybridized carbons (Fsp3) is 0.188. The van der Waals surface area contributed by atoms with E-state index in [0.717, 1.165) is 11.1 Å². The van der Waals surface area contributed by atoms with E-state index in [1.807, 2.05) is 0 Å². The molecular formula is C16H16ClN3O4. The molecule has 0 saturated heterocycles. The van der Waals surface area contributed by atoms with Crippen LogP contribution in [0.2, 0.25) is 5.02 Å². The number of esters is 1. The summed E-state index contributed by atoms with van der Waals surface area (Å²) in [5, 5.41) is 2.43. The summed E-state index contributed by atoms with van der Waals surface area (Å²) >= 11 is 5.67. The zero-order valence-corrected chi connectivity index (χ0v) is 14.1. The third-order valence-electron chi connectivity index (χ3n) is 3.58. The minimum absolute atomic E-state index is 0.000836. The van der Waals surface area contributed by atoms with Gasteiger partial charge in [-0.15, -0.1) is 0 Å². The van der Waals surface area contributed by atoms with Gasteiger partial charge in [-0.25, -0.2) is 4.79 Å². The van der Waals surface area contributed by atoms with Gasteiger partial charge < -0.3 is 20.8 Å². The number of nitrogen functional groups attached to an aromatic ring is 1. The maximum absolute atomic E-state index is 12.3. The van der Waals surface area contributed by atoms with Crippen LogP contribution in [-0.2, 0) is 4.74 Å². The molecule has 126 valence electrons. The van der Waals surface area contributed by atoms with Crippen molar-refractivity contribution in [1.82, 2.24) is 4.98 Å². The van der Waals surface area contributed by atoms with Crippen molar-refractivity contribution in [2.75, 3.05) is 18.2 Å². The number of ether oxygens (including phenoxy) is 1. The van der Waals surface area contributed by atoms with E-state index in [0.29, 0.717) is 11.3 Å². The molecular weight excluding hydrogens is 334 g/mol. The fourth-order valence-corrected chi connectivity index (χ4v) is 2.24. The van der Waals surface area contributed by atoms with Crippen LogP contribution in [0.25, 0.3) is 0 Å². The van der Waals surface area contributed by atoms with Crippen molar-refractivity contribution in [3.05, 3.63) is 56.0 Å². The van der Waals surface area contributed by atoms with Crippen LogP contribution in [0.15, 0.2) is 23.0 Å². The average molecular weight is 350 g/mol. The van der Waals surface area contributed by atoms with Crippen LogP contribution in [0, 0.1) is 13.8 Å². The highest BCUT2D eigenvalue weighted by Crippen LogP contribution is 2.21. The maximum atomic E-state index is 12.3.